The van der Waals surface area contributed by atoms with Gasteiger partial charge in [0.05, 0.1) is 6.54 Å². The second-order valence-corrected chi connectivity index (χ2v) is 5.51. The quantitative estimate of drug-likeness (QED) is 0.587. The fraction of sp³-hybridized carbons (Fsp3) is 0.500. The molecule has 0 saturated heterocycles. The second-order valence-electron chi connectivity index (χ2n) is 5.51. The predicted molar refractivity (Wildman–Crippen MR) is 97.1 cm³/mol. The van der Waals surface area contributed by atoms with Crippen LogP contribution in [0.4, 0.5) is 4.79 Å². The highest BCUT2D eigenvalue weighted by Crippen LogP contribution is 1.97. The Hall–Kier alpha value is -2.57. The molecule has 0 bridgehead atoms. The summed E-state index contributed by atoms with van der Waals surface area (Å²) >= 11 is 0. The molecule has 138 valence electrons. The lowest BCUT2D eigenvalue weighted by Crippen LogP contribution is -2.43. The van der Waals surface area contributed by atoms with Gasteiger partial charge < -0.3 is 20.9 Å². The molecule has 4 amide bonds. The van der Waals surface area contributed by atoms with Crippen molar-refractivity contribution >= 4 is 17.8 Å². The Morgan fingerprint density at radius 1 is 0.920 bits per heavy atom. The molecule has 1 aromatic rings. The molecule has 0 spiro atoms. The van der Waals surface area contributed by atoms with Crippen LogP contribution in [0.2, 0.25) is 0 Å². The molecule has 0 fully saturated rings. The Morgan fingerprint density at radius 2 is 1.60 bits per heavy atom. The zero-order valence-electron chi connectivity index (χ0n) is 15.0. The third kappa shape index (κ3) is 8.74. The first-order valence-electron chi connectivity index (χ1n) is 8.66. The van der Waals surface area contributed by atoms with E-state index in [1.54, 1.807) is 4.90 Å². The van der Waals surface area contributed by atoms with Crippen molar-refractivity contribution in [2.75, 3.05) is 32.7 Å². The van der Waals surface area contributed by atoms with Gasteiger partial charge in [-0.05, 0) is 25.8 Å². The Kier molecular flexibility index (Phi) is 9.74. The summed E-state index contributed by atoms with van der Waals surface area (Å²) in [7, 11) is 0. The largest absolute Gasteiger partial charge is 0.354 e. The Labute approximate surface area is 149 Å². The molecule has 7 nitrogen and oxygen atoms in total. The predicted octanol–water partition coefficient (Wildman–Crippen LogP) is 0.903. The summed E-state index contributed by atoms with van der Waals surface area (Å²) in [6.45, 7) is 5.82. The molecule has 1 rings (SSSR count). The van der Waals surface area contributed by atoms with Crippen LogP contribution in [0.5, 0.6) is 0 Å². The van der Waals surface area contributed by atoms with Crippen LogP contribution in [-0.2, 0) is 16.0 Å². The van der Waals surface area contributed by atoms with Crippen LogP contribution in [-0.4, -0.2) is 55.5 Å². The van der Waals surface area contributed by atoms with Crippen LogP contribution >= 0.6 is 0 Å². The summed E-state index contributed by atoms with van der Waals surface area (Å²) in [4.78, 5) is 36.8. The molecule has 0 saturated carbocycles. The summed E-state index contributed by atoms with van der Waals surface area (Å²) < 4.78 is 0. The van der Waals surface area contributed by atoms with E-state index >= 15 is 0 Å². The van der Waals surface area contributed by atoms with Gasteiger partial charge >= 0.3 is 6.03 Å². The molecule has 0 heterocycles. The van der Waals surface area contributed by atoms with Crippen molar-refractivity contribution in [3.05, 3.63) is 35.9 Å². The molecule has 0 radical (unpaired) electrons. The first-order valence-corrected chi connectivity index (χ1v) is 8.66. The van der Waals surface area contributed by atoms with Gasteiger partial charge in [-0.25, -0.2) is 4.79 Å². The van der Waals surface area contributed by atoms with E-state index in [2.05, 4.69) is 16.0 Å². The molecule has 0 aliphatic heterocycles. The van der Waals surface area contributed by atoms with Gasteiger partial charge in [0, 0.05) is 32.6 Å². The van der Waals surface area contributed by atoms with Gasteiger partial charge in [-0.1, -0.05) is 30.3 Å². The lowest BCUT2D eigenvalue weighted by molar-refractivity contribution is -0.130. The van der Waals surface area contributed by atoms with E-state index in [0.29, 0.717) is 19.6 Å². The van der Waals surface area contributed by atoms with Crippen molar-refractivity contribution in [2.24, 2.45) is 0 Å². The minimum atomic E-state index is -0.453. The van der Waals surface area contributed by atoms with Crippen LogP contribution in [0, 0.1) is 0 Å². The van der Waals surface area contributed by atoms with E-state index in [9.17, 15) is 14.4 Å². The zero-order chi connectivity index (χ0) is 18.5. The highest BCUT2D eigenvalue weighted by atomic mass is 16.2. The maximum absolute atomic E-state index is 11.8. The van der Waals surface area contributed by atoms with Gasteiger partial charge in [0.25, 0.3) is 0 Å². The number of benzene rings is 1. The second kappa shape index (κ2) is 11.9. The maximum Gasteiger partial charge on any atom is 0.315 e. The average molecular weight is 348 g/mol. The minimum Gasteiger partial charge on any atom is -0.354 e. The number of carbonyl (C=O) groups is 3. The smallest absolute Gasteiger partial charge is 0.315 e. The summed E-state index contributed by atoms with van der Waals surface area (Å²) in [5, 5.41) is 7.80. The number of rotatable bonds is 10. The van der Waals surface area contributed by atoms with E-state index in [1.807, 2.05) is 44.2 Å². The molecule has 1 aromatic carbocycles. The number of carbonyl (C=O) groups excluding carboxylic acids is 3. The topological polar surface area (TPSA) is 90.5 Å². The fourth-order valence-electron chi connectivity index (χ4n) is 2.29. The molecule has 3 N–H and O–H groups in total. The number of amides is 4. The Morgan fingerprint density at radius 3 is 2.24 bits per heavy atom. The SMILES string of the molecule is CCN(CC)C(=O)CCNC(=O)NCC(=O)NCCc1ccccc1. The molecule has 0 aliphatic rings. The minimum absolute atomic E-state index is 0.00366. The normalized spacial score (nSPS) is 10.0. The fourth-order valence-corrected chi connectivity index (χ4v) is 2.29. The van der Waals surface area contributed by atoms with Gasteiger partial charge in [0.1, 0.15) is 0 Å². The molecular weight excluding hydrogens is 320 g/mol. The lowest BCUT2D eigenvalue weighted by Gasteiger charge is -2.18. The van der Waals surface area contributed by atoms with Crippen LogP contribution in [0.25, 0.3) is 0 Å². The summed E-state index contributed by atoms with van der Waals surface area (Å²) in [6, 6.07) is 9.39. The Bertz CT molecular complexity index is 545. The Balaban J connectivity index is 2.10. The van der Waals surface area contributed by atoms with Gasteiger partial charge in [0.2, 0.25) is 11.8 Å². The van der Waals surface area contributed by atoms with Crippen LogP contribution in [0.1, 0.15) is 25.8 Å². The monoisotopic (exact) mass is 348 g/mol. The van der Waals surface area contributed by atoms with Gasteiger partial charge in [0.15, 0.2) is 0 Å². The van der Waals surface area contributed by atoms with Crippen molar-refractivity contribution in [1.82, 2.24) is 20.9 Å². The molecule has 0 unspecified atom stereocenters. The molecule has 0 atom stereocenters. The number of hydrogen-bond acceptors (Lipinski definition) is 3. The number of nitrogens with zero attached hydrogens (tertiary/aromatic N) is 1. The number of hydrogen-bond donors (Lipinski definition) is 3. The zero-order valence-corrected chi connectivity index (χ0v) is 15.0. The molecular formula is C18H28N4O3. The van der Waals surface area contributed by atoms with Crippen molar-refractivity contribution in [1.29, 1.82) is 0 Å². The first kappa shape index (κ1) is 20.5. The van der Waals surface area contributed by atoms with E-state index in [1.165, 1.54) is 0 Å². The lowest BCUT2D eigenvalue weighted by atomic mass is 10.1. The van der Waals surface area contributed by atoms with Crippen LogP contribution < -0.4 is 16.0 Å². The molecule has 25 heavy (non-hydrogen) atoms. The summed E-state index contributed by atoms with van der Waals surface area (Å²) in [5.74, 6) is -0.241. The summed E-state index contributed by atoms with van der Waals surface area (Å²) in [6.07, 6.45) is 0.991. The van der Waals surface area contributed by atoms with E-state index < -0.39 is 6.03 Å². The highest BCUT2D eigenvalue weighted by Gasteiger charge is 2.10. The van der Waals surface area contributed by atoms with Gasteiger partial charge in [-0.2, -0.15) is 0 Å². The third-order valence-electron chi connectivity index (χ3n) is 3.73. The van der Waals surface area contributed by atoms with Crippen molar-refractivity contribution < 1.29 is 14.4 Å². The molecule has 7 heteroatoms. The summed E-state index contributed by atoms with van der Waals surface area (Å²) in [5.41, 5.74) is 1.14. The number of urea groups is 1. The van der Waals surface area contributed by atoms with Crippen molar-refractivity contribution in [3.63, 3.8) is 0 Å². The van der Waals surface area contributed by atoms with E-state index in [-0.39, 0.29) is 31.3 Å². The number of nitrogens with one attached hydrogen (secondary N) is 3. The first-order chi connectivity index (χ1) is 12.1. The average Bonchev–Trinajstić information content (AvgIpc) is 2.62. The molecule has 0 aliphatic carbocycles. The molecule has 0 aromatic heterocycles. The van der Waals surface area contributed by atoms with Crippen LogP contribution in [0.3, 0.4) is 0 Å². The van der Waals surface area contributed by atoms with Crippen molar-refractivity contribution in [2.45, 2.75) is 26.7 Å². The third-order valence-corrected chi connectivity index (χ3v) is 3.73. The van der Waals surface area contributed by atoms with Gasteiger partial charge in [-0.3, -0.25) is 9.59 Å². The maximum atomic E-state index is 11.8. The highest BCUT2D eigenvalue weighted by molar-refractivity contribution is 5.84. The van der Waals surface area contributed by atoms with Crippen LogP contribution in [0.15, 0.2) is 30.3 Å². The van der Waals surface area contributed by atoms with E-state index in [4.69, 9.17) is 0 Å². The van der Waals surface area contributed by atoms with Gasteiger partial charge in [-0.15, -0.1) is 0 Å². The van der Waals surface area contributed by atoms with E-state index in [0.717, 1.165) is 12.0 Å². The standard InChI is InChI=1S/C18H28N4O3/c1-3-22(4-2)17(24)11-13-20-18(25)21-14-16(23)19-12-10-15-8-6-5-7-9-15/h5-9H,3-4,10-14H2,1-2H3,(H,19,23)(H2,20,21,25). The van der Waals surface area contributed by atoms with Crippen molar-refractivity contribution in [3.8, 4) is 0 Å².